The number of rotatable bonds is 4. The molecule has 0 amide bonds. The number of nitrogens with zero attached hydrogens (tertiary/aromatic N) is 1. The van der Waals surface area contributed by atoms with Crippen LogP contribution in [0.2, 0.25) is 0 Å². The van der Waals surface area contributed by atoms with Crippen molar-refractivity contribution in [3.05, 3.63) is 12.7 Å². The van der Waals surface area contributed by atoms with Crippen LogP contribution >= 0.6 is 0 Å². The summed E-state index contributed by atoms with van der Waals surface area (Å²) in [6, 6.07) is 0. The summed E-state index contributed by atoms with van der Waals surface area (Å²) in [6.45, 7) is 9.70. The lowest BCUT2D eigenvalue weighted by molar-refractivity contribution is -0.912. The third-order valence-corrected chi connectivity index (χ3v) is 3.97. The fourth-order valence-electron chi connectivity index (χ4n) is 1.82. The van der Waals surface area contributed by atoms with Gasteiger partial charge < -0.3 is 9.04 Å². The van der Waals surface area contributed by atoms with Gasteiger partial charge >= 0.3 is 0 Å². The van der Waals surface area contributed by atoms with Gasteiger partial charge in [0.05, 0.1) is 36.8 Å². The molecule has 0 spiro atoms. The van der Waals surface area contributed by atoms with E-state index in [-0.39, 0.29) is 12.2 Å². The minimum atomic E-state index is -4.01. The van der Waals surface area contributed by atoms with E-state index in [0.717, 1.165) is 0 Å². The monoisotopic (exact) mass is 263 g/mol. The van der Waals surface area contributed by atoms with Crippen LogP contribution in [0.25, 0.3) is 0 Å². The maximum absolute atomic E-state index is 9.79. The highest BCUT2D eigenvalue weighted by atomic mass is 32.2. The lowest BCUT2D eigenvalue weighted by atomic mass is 10.1. The molecule has 1 heterocycles. The van der Waals surface area contributed by atoms with E-state index in [1.54, 1.807) is 0 Å². The van der Waals surface area contributed by atoms with Crippen LogP contribution in [-0.4, -0.2) is 49.9 Å². The summed E-state index contributed by atoms with van der Waals surface area (Å²) >= 11 is 0. The maximum Gasteiger partial charge on any atom is 0.0948 e. The van der Waals surface area contributed by atoms with Gasteiger partial charge in [-0.2, -0.15) is 0 Å². The standard InChI is InChI=1S/C8H18N.C4H8O3S/c1-3-9(2)7-5-4-6-8-9;1-2-3-4-8(5,6)7/h3-8H2,1-2H3;2H,1,3-4H2,(H,5,6,7)/q+1;/p-1. The Morgan fingerprint density at radius 1 is 1.29 bits per heavy atom. The first-order valence-corrected chi connectivity index (χ1v) is 7.79. The van der Waals surface area contributed by atoms with Crippen LogP contribution in [0, 0.1) is 0 Å². The van der Waals surface area contributed by atoms with Crippen molar-refractivity contribution < 1.29 is 17.5 Å². The highest BCUT2D eigenvalue weighted by Crippen LogP contribution is 2.14. The van der Waals surface area contributed by atoms with E-state index < -0.39 is 10.1 Å². The first-order chi connectivity index (χ1) is 7.83. The van der Waals surface area contributed by atoms with E-state index in [0.29, 0.717) is 0 Å². The van der Waals surface area contributed by atoms with Crippen molar-refractivity contribution in [2.75, 3.05) is 32.4 Å². The summed E-state index contributed by atoms with van der Waals surface area (Å²) < 4.78 is 30.7. The normalized spacial score (nSPS) is 19.0. The molecule has 0 saturated carbocycles. The molecular weight excluding hydrogens is 238 g/mol. The Bertz CT molecular complexity index is 306. The molecule has 0 radical (unpaired) electrons. The summed E-state index contributed by atoms with van der Waals surface area (Å²) in [5.74, 6) is -0.337. The van der Waals surface area contributed by atoms with E-state index in [1.807, 2.05) is 0 Å². The van der Waals surface area contributed by atoms with Crippen molar-refractivity contribution in [2.45, 2.75) is 32.6 Å². The van der Waals surface area contributed by atoms with Gasteiger partial charge in [-0.05, 0) is 32.6 Å². The lowest BCUT2D eigenvalue weighted by Crippen LogP contribution is -2.47. The minimum absolute atomic E-state index is 0.242. The zero-order chi connectivity index (χ0) is 13.4. The fraction of sp³-hybridized carbons (Fsp3) is 0.833. The SMILES string of the molecule is C=CCCS(=O)(=O)[O-].CC[N+]1(C)CCCCC1. The first-order valence-electron chi connectivity index (χ1n) is 6.21. The van der Waals surface area contributed by atoms with Crippen LogP contribution in [0.5, 0.6) is 0 Å². The molecule has 0 aromatic carbocycles. The van der Waals surface area contributed by atoms with Crippen LogP contribution in [0.3, 0.4) is 0 Å². The van der Waals surface area contributed by atoms with Crippen molar-refractivity contribution in [1.82, 2.24) is 0 Å². The van der Waals surface area contributed by atoms with E-state index in [1.165, 1.54) is 49.5 Å². The van der Waals surface area contributed by atoms with Crippen molar-refractivity contribution in [3.63, 3.8) is 0 Å². The van der Waals surface area contributed by atoms with Gasteiger partial charge in [0.1, 0.15) is 0 Å². The number of hydrogen-bond donors (Lipinski definition) is 0. The molecule has 0 bridgehead atoms. The molecule has 17 heavy (non-hydrogen) atoms. The Hall–Kier alpha value is -0.390. The molecule has 0 aromatic rings. The van der Waals surface area contributed by atoms with E-state index in [9.17, 15) is 13.0 Å². The molecule has 1 aliphatic heterocycles. The molecule has 0 aromatic heterocycles. The second kappa shape index (κ2) is 7.84. The second-order valence-electron chi connectivity index (χ2n) is 4.78. The molecule has 1 rings (SSSR count). The summed E-state index contributed by atoms with van der Waals surface area (Å²) in [4.78, 5) is 0. The first kappa shape index (κ1) is 16.6. The maximum atomic E-state index is 9.79. The molecule has 0 N–H and O–H groups in total. The number of allylic oxidation sites excluding steroid dienone is 1. The van der Waals surface area contributed by atoms with E-state index in [4.69, 9.17) is 0 Å². The molecular formula is C12H25NO3S. The summed E-state index contributed by atoms with van der Waals surface area (Å²) in [5.41, 5.74) is 0. The van der Waals surface area contributed by atoms with Gasteiger partial charge in [-0.3, -0.25) is 0 Å². The molecule has 0 atom stereocenters. The van der Waals surface area contributed by atoms with Crippen LogP contribution in [0.1, 0.15) is 32.6 Å². The zero-order valence-electron chi connectivity index (χ0n) is 11.0. The molecule has 1 aliphatic rings. The predicted molar refractivity (Wildman–Crippen MR) is 69.7 cm³/mol. The van der Waals surface area contributed by atoms with Gasteiger partial charge in [-0.15, -0.1) is 6.58 Å². The van der Waals surface area contributed by atoms with E-state index in [2.05, 4.69) is 20.6 Å². The zero-order valence-corrected chi connectivity index (χ0v) is 11.8. The number of likely N-dealkylation sites (tertiary alicyclic amines) is 1. The molecule has 0 unspecified atom stereocenters. The highest BCUT2D eigenvalue weighted by molar-refractivity contribution is 7.85. The van der Waals surface area contributed by atoms with E-state index >= 15 is 0 Å². The van der Waals surface area contributed by atoms with Crippen molar-refractivity contribution in [2.24, 2.45) is 0 Å². The lowest BCUT2D eigenvalue weighted by Gasteiger charge is -2.36. The predicted octanol–water partition coefficient (Wildman–Crippen LogP) is 1.74. The molecule has 0 aliphatic carbocycles. The van der Waals surface area contributed by atoms with Gasteiger partial charge in [-0.1, -0.05) is 6.08 Å². The Balaban J connectivity index is 0.000000304. The smallest absolute Gasteiger partial charge is 0.0948 e. The topological polar surface area (TPSA) is 57.2 Å². The van der Waals surface area contributed by atoms with Crippen LogP contribution < -0.4 is 0 Å². The molecule has 1 saturated heterocycles. The van der Waals surface area contributed by atoms with Crippen molar-refractivity contribution in [1.29, 1.82) is 0 Å². The summed E-state index contributed by atoms with van der Waals surface area (Å²) in [5, 5.41) is 0. The molecule has 5 heteroatoms. The van der Waals surface area contributed by atoms with Crippen molar-refractivity contribution >= 4 is 10.1 Å². The Kier molecular flexibility index (Phi) is 7.66. The molecule has 102 valence electrons. The Labute approximate surface area is 106 Å². The third-order valence-electron chi connectivity index (χ3n) is 3.23. The van der Waals surface area contributed by atoms with Crippen molar-refractivity contribution in [3.8, 4) is 0 Å². The molecule has 4 nitrogen and oxygen atoms in total. The van der Waals surface area contributed by atoms with Gasteiger partial charge in [0.25, 0.3) is 0 Å². The largest absolute Gasteiger partial charge is 0.748 e. The summed E-state index contributed by atoms with van der Waals surface area (Å²) in [6.07, 6.45) is 6.00. The average Bonchev–Trinajstić information content (AvgIpc) is 2.27. The quantitative estimate of drug-likeness (QED) is 0.441. The summed E-state index contributed by atoms with van der Waals surface area (Å²) in [7, 11) is -1.63. The minimum Gasteiger partial charge on any atom is -0.748 e. The van der Waals surface area contributed by atoms with Crippen LogP contribution in [-0.2, 0) is 10.1 Å². The van der Waals surface area contributed by atoms with Gasteiger partial charge in [-0.25, -0.2) is 8.42 Å². The third kappa shape index (κ3) is 9.32. The average molecular weight is 263 g/mol. The van der Waals surface area contributed by atoms with Gasteiger partial charge in [0.2, 0.25) is 0 Å². The number of hydrogen-bond acceptors (Lipinski definition) is 3. The molecule has 1 fully saturated rings. The highest BCUT2D eigenvalue weighted by Gasteiger charge is 2.21. The van der Waals surface area contributed by atoms with Crippen LogP contribution in [0.15, 0.2) is 12.7 Å². The van der Waals surface area contributed by atoms with Gasteiger partial charge in [0, 0.05) is 5.75 Å². The van der Waals surface area contributed by atoms with Gasteiger partial charge in [0.15, 0.2) is 0 Å². The second-order valence-corrected chi connectivity index (χ2v) is 6.31. The Morgan fingerprint density at radius 3 is 2.06 bits per heavy atom. The number of quaternary nitrogens is 1. The van der Waals surface area contributed by atoms with Crippen LogP contribution in [0.4, 0.5) is 0 Å². The fourth-order valence-corrected chi connectivity index (χ4v) is 2.27. The Morgan fingerprint density at radius 2 is 1.82 bits per heavy atom. The number of piperidine rings is 1.